The minimum Gasteiger partial charge on any atom is -0.455 e. The summed E-state index contributed by atoms with van der Waals surface area (Å²) in [5.74, 6) is 0.702. The van der Waals surface area contributed by atoms with Gasteiger partial charge in [0.2, 0.25) is 0 Å². The second kappa shape index (κ2) is 16.8. The molecule has 152 valence electrons. The normalized spacial score (nSPS) is 15.8. The van der Waals surface area contributed by atoms with Crippen molar-refractivity contribution in [2.75, 3.05) is 32.8 Å². The van der Waals surface area contributed by atoms with Gasteiger partial charge < -0.3 is 10.6 Å². The molecule has 2 aliphatic rings. The molecule has 1 aromatic carbocycles. The minimum atomic E-state index is -1.89. The molecule has 0 spiro atoms. The van der Waals surface area contributed by atoms with Crippen molar-refractivity contribution in [3.63, 3.8) is 0 Å². The van der Waals surface area contributed by atoms with Gasteiger partial charge >= 0.3 is 126 Å². The minimum absolute atomic E-state index is 0. The molecule has 0 unspecified atom stereocenters. The first-order valence-corrected chi connectivity index (χ1v) is 13.3. The van der Waals surface area contributed by atoms with Gasteiger partial charge in [-0.15, -0.1) is 0 Å². The second-order valence-electron chi connectivity index (χ2n) is 5.27. The predicted molar refractivity (Wildman–Crippen MR) is 94.9 cm³/mol. The van der Waals surface area contributed by atoms with E-state index in [1.807, 2.05) is 40.4 Å². The summed E-state index contributed by atoms with van der Waals surface area (Å²) in [6.45, 7) is 5.78. The summed E-state index contributed by atoms with van der Waals surface area (Å²) in [6.07, 6.45) is 2.17. The van der Waals surface area contributed by atoms with Gasteiger partial charge in [0.1, 0.15) is 0 Å². The maximum atomic E-state index is 11.9. The molecule has 5 nitrogen and oxygen atoms in total. The Balaban J connectivity index is 0.000000774. The predicted octanol–water partition coefficient (Wildman–Crippen LogP) is 2.06. The summed E-state index contributed by atoms with van der Waals surface area (Å²) in [5.41, 5.74) is 0.862. The topological polar surface area (TPSA) is 53.6 Å². The van der Waals surface area contributed by atoms with Gasteiger partial charge in [0, 0.05) is 75.5 Å². The molecule has 10 heteroatoms. The fourth-order valence-electron chi connectivity index (χ4n) is 2.34. The van der Waals surface area contributed by atoms with Gasteiger partial charge in [0.05, 0.1) is 0 Å². The van der Waals surface area contributed by atoms with Crippen LogP contribution in [0, 0.1) is 82.1 Å². The Labute approximate surface area is 228 Å². The van der Waals surface area contributed by atoms with Crippen LogP contribution in [-0.4, -0.2) is 48.2 Å². The van der Waals surface area contributed by atoms with Crippen molar-refractivity contribution in [1.29, 1.82) is 0 Å². The number of likely N-dealkylation sites (tertiary alicyclic amines) is 1. The Morgan fingerprint density at radius 3 is 2.35 bits per heavy atom. The first-order valence-electron chi connectivity index (χ1n) is 7.78. The molecule has 0 saturated carbocycles. The first kappa shape index (κ1) is 28.0. The van der Waals surface area contributed by atoms with Crippen LogP contribution in [0.25, 0.3) is 0 Å². The largest absolute Gasteiger partial charge is 0.455 e. The Hall–Kier alpha value is 2.00. The number of para-hydroxylation sites is 1. The van der Waals surface area contributed by atoms with Crippen molar-refractivity contribution in [2.24, 2.45) is 0 Å². The summed E-state index contributed by atoms with van der Waals surface area (Å²) < 4.78 is 7.42. The van der Waals surface area contributed by atoms with E-state index < -0.39 is 13.5 Å². The van der Waals surface area contributed by atoms with Gasteiger partial charge in [-0.1, -0.05) is 0 Å². The maximum absolute atomic E-state index is 11.9. The van der Waals surface area contributed by atoms with Crippen LogP contribution in [0.4, 0.5) is 0 Å². The van der Waals surface area contributed by atoms with Gasteiger partial charge in [-0.3, -0.25) is 0 Å². The molecular formula is C16H22Ar2Cl2N3O2Ru-. The fraction of sp³-hybridized carbons (Fsp3) is 0.438. The molecule has 0 bridgehead atoms. The SMILES string of the molecule is O=C(COc1ccccc1[CH]=[Ru]([Cl])[Cl])N1CCCC1.[Ar].[Ar].[CH-]1NCCN1. The number of halogens is 2. The summed E-state index contributed by atoms with van der Waals surface area (Å²) in [7, 11) is 11.7. The number of hydrogen-bond donors (Lipinski definition) is 2. The standard InChI is InChI=1S/C13H15NO2.C3H7N2.2Ar.2ClH.Ru/c1-11-6-2-3-7-12(11)16-10-13(15)14-8-4-5-9-14;1-2-5-3-4-1;;;;;/h1-3,6-7H,4-5,8-10H2;3-5H,1-2H2;;;2*1H;/q;-1;;;;;+2/p-2. The zero-order valence-electron chi connectivity index (χ0n) is 14.0. The van der Waals surface area contributed by atoms with Crippen LogP contribution in [0.15, 0.2) is 24.3 Å². The molecule has 2 heterocycles. The fourth-order valence-corrected chi connectivity index (χ4v) is 4.14. The summed E-state index contributed by atoms with van der Waals surface area (Å²) >= 11 is -1.89. The molecule has 2 fully saturated rings. The third-order valence-electron chi connectivity index (χ3n) is 3.53. The summed E-state index contributed by atoms with van der Waals surface area (Å²) in [4.78, 5) is 13.7. The monoisotopic (exact) mass is 540 g/mol. The molecular weight excluding hydrogens is 518 g/mol. The van der Waals surface area contributed by atoms with Gasteiger partial charge in [0.15, 0.2) is 0 Å². The third kappa shape index (κ3) is 11.3. The van der Waals surface area contributed by atoms with E-state index in [1.54, 1.807) is 0 Å². The Kier molecular flexibility index (Phi) is 18.1. The molecule has 0 atom stereocenters. The van der Waals surface area contributed by atoms with Crippen molar-refractivity contribution in [1.82, 2.24) is 15.5 Å². The van der Waals surface area contributed by atoms with Crippen molar-refractivity contribution in [3.8, 4) is 5.75 Å². The van der Waals surface area contributed by atoms with Crippen LogP contribution < -0.4 is 15.4 Å². The summed E-state index contributed by atoms with van der Waals surface area (Å²) in [5, 5.41) is 5.97. The van der Waals surface area contributed by atoms with E-state index in [0.29, 0.717) is 5.75 Å². The number of carbonyl (C=O) groups is 1. The average Bonchev–Trinajstić information content (AvgIpc) is 3.28. The van der Waals surface area contributed by atoms with Crippen molar-refractivity contribution < 1.29 is 98.5 Å². The first-order chi connectivity index (χ1) is 11.7. The van der Waals surface area contributed by atoms with E-state index in [9.17, 15) is 4.79 Å². The number of hydrogen-bond acceptors (Lipinski definition) is 4. The molecule has 2 N–H and O–H groups in total. The number of nitrogens with one attached hydrogen (secondary N) is 2. The van der Waals surface area contributed by atoms with E-state index in [1.165, 1.54) is 0 Å². The average molecular weight is 540 g/mol. The van der Waals surface area contributed by atoms with E-state index in [-0.39, 0.29) is 88.0 Å². The Morgan fingerprint density at radius 2 is 1.81 bits per heavy atom. The quantitative estimate of drug-likeness (QED) is 0.454. The van der Waals surface area contributed by atoms with Crippen molar-refractivity contribution in [2.45, 2.75) is 12.8 Å². The molecule has 2 aliphatic heterocycles. The molecule has 1 amide bonds. The van der Waals surface area contributed by atoms with E-state index >= 15 is 0 Å². The maximum Gasteiger partial charge on any atom is 0 e. The van der Waals surface area contributed by atoms with E-state index in [4.69, 9.17) is 24.1 Å². The molecule has 26 heavy (non-hydrogen) atoms. The number of nitrogens with zero attached hydrogens (tertiary/aromatic N) is 1. The van der Waals surface area contributed by atoms with Gasteiger partial charge in [-0.25, -0.2) is 6.67 Å². The van der Waals surface area contributed by atoms with Crippen LogP contribution in [0.1, 0.15) is 18.4 Å². The zero-order chi connectivity index (χ0) is 17.2. The molecule has 3 rings (SSSR count). The van der Waals surface area contributed by atoms with Crippen LogP contribution in [-0.2, 0) is 18.3 Å². The smallest absolute Gasteiger partial charge is 0 e. The van der Waals surface area contributed by atoms with Crippen LogP contribution in [0.3, 0.4) is 0 Å². The van der Waals surface area contributed by atoms with E-state index in [0.717, 1.165) is 44.6 Å². The molecule has 0 aliphatic carbocycles. The molecule has 1 aromatic rings. The number of benzene rings is 1. The van der Waals surface area contributed by atoms with Gasteiger partial charge in [-0.05, 0) is 13.1 Å². The summed E-state index contributed by atoms with van der Waals surface area (Å²) in [6, 6.07) is 7.48. The number of ether oxygens (including phenoxy) is 1. The third-order valence-corrected chi connectivity index (χ3v) is 5.37. The molecule has 2 saturated heterocycles. The van der Waals surface area contributed by atoms with Crippen molar-refractivity contribution >= 4 is 29.9 Å². The zero-order valence-corrected chi connectivity index (χ0v) is 18.7. The van der Waals surface area contributed by atoms with Crippen LogP contribution >= 0.6 is 19.4 Å². The Bertz CT molecular complexity index is 561. The number of amides is 1. The van der Waals surface area contributed by atoms with Crippen LogP contribution in [0.5, 0.6) is 5.75 Å². The van der Waals surface area contributed by atoms with Gasteiger partial charge in [0.25, 0.3) is 0 Å². The van der Waals surface area contributed by atoms with Crippen LogP contribution in [0.2, 0.25) is 0 Å². The van der Waals surface area contributed by atoms with Crippen molar-refractivity contribution in [3.05, 3.63) is 36.5 Å². The molecule has 0 aromatic heterocycles. The second-order valence-corrected chi connectivity index (χ2v) is 11.0. The molecule has 0 radical (unpaired) electrons. The van der Waals surface area contributed by atoms with Gasteiger partial charge in [-0.2, -0.15) is 0 Å². The number of carbonyl (C=O) groups excluding carboxylic acids is 1. The Morgan fingerprint density at radius 1 is 1.19 bits per heavy atom. The number of rotatable bonds is 4. The van der Waals surface area contributed by atoms with E-state index in [2.05, 4.69) is 10.6 Å².